The number of halogens is 1. The second kappa shape index (κ2) is 7.09. The molecule has 0 bridgehead atoms. The monoisotopic (exact) mass is 300 g/mol. The summed E-state index contributed by atoms with van der Waals surface area (Å²) < 4.78 is 5.13. The quantitative estimate of drug-likeness (QED) is 0.754. The lowest BCUT2D eigenvalue weighted by Crippen LogP contribution is -2.02. The van der Waals surface area contributed by atoms with Crippen molar-refractivity contribution in [1.82, 2.24) is 0 Å². The highest BCUT2D eigenvalue weighted by molar-refractivity contribution is 6.30. The number of hydrogen-bond donors (Lipinski definition) is 0. The maximum absolute atomic E-state index is 11.0. The fourth-order valence-electron chi connectivity index (χ4n) is 2.20. The molecule has 21 heavy (non-hydrogen) atoms. The zero-order chi connectivity index (χ0) is 15.2. The summed E-state index contributed by atoms with van der Waals surface area (Å²) in [5.41, 5.74) is 4.21. The van der Waals surface area contributed by atoms with Gasteiger partial charge in [-0.05, 0) is 41.3 Å². The third kappa shape index (κ3) is 3.96. The van der Waals surface area contributed by atoms with Crippen LogP contribution in [-0.2, 0) is 16.1 Å². The first-order valence-electron chi connectivity index (χ1n) is 6.75. The summed E-state index contributed by atoms with van der Waals surface area (Å²) in [6, 6.07) is 15.6. The Morgan fingerprint density at radius 2 is 1.81 bits per heavy atom. The zero-order valence-corrected chi connectivity index (χ0v) is 12.9. The molecule has 0 aliphatic heterocycles. The average molecular weight is 301 g/mol. The highest BCUT2D eigenvalue weighted by Crippen LogP contribution is 2.27. The fraction of sp³-hybridized carbons (Fsp3) is 0.167. The molecule has 2 nitrogen and oxygen atoms in total. The maximum Gasteiger partial charge on any atom is 0.302 e. The van der Waals surface area contributed by atoms with E-state index < -0.39 is 0 Å². The van der Waals surface area contributed by atoms with E-state index in [0.29, 0.717) is 5.02 Å². The predicted octanol–water partition coefficient (Wildman–Crippen LogP) is 4.85. The molecule has 0 N–H and O–H groups in total. The minimum atomic E-state index is -0.279. The number of carbonyl (C=O) groups excluding carboxylic acids is 1. The molecule has 2 aromatic rings. The van der Waals surface area contributed by atoms with Gasteiger partial charge in [-0.25, -0.2) is 0 Å². The molecule has 0 aliphatic carbocycles. The van der Waals surface area contributed by atoms with Crippen LogP contribution in [0.5, 0.6) is 0 Å². The van der Waals surface area contributed by atoms with Crippen LogP contribution in [0.15, 0.2) is 54.6 Å². The van der Waals surface area contributed by atoms with Crippen molar-refractivity contribution in [1.29, 1.82) is 0 Å². The summed E-state index contributed by atoms with van der Waals surface area (Å²) in [6.07, 6.45) is 2.05. The number of rotatable bonds is 4. The van der Waals surface area contributed by atoms with Crippen LogP contribution in [-0.4, -0.2) is 5.97 Å². The molecular weight excluding hydrogens is 284 g/mol. The van der Waals surface area contributed by atoms with Gasteiger partial charge in [-0.3, -0.25) is 4.79 Å². The molecule has 0 saturated heterocycles. The summed E-state index contributed by atoms with van der Waals surface area (Å²) in [5, 5.41) is 0.711. The molecule has 108 valence electrons. The van der Waals surface area contributed by atoms with Crippen LogP contribution in [0, 0.1) is 0 Å². The lowest BCUT2D eigenvalue weighted by atomic mass is 9.94. The Morgan fingerprint density at radius 1 is 1.14 bits per heavy atom. The zero-order valence-electron chi connectivity index (χ0n) is 12.1. The van der Waals surface area contributed by atoms with E-state index in [2.05, 4.69) is 6.08 Å². The number of benzene rings is 2. The largest absolute Gasteiger partial charge is 0.461 e. The Hall–Kier alpha value is -2.06. The summed E-state index contributed by atoms with van der Waals surface area (Å²) in [4.78, 5) is 11.0. The van der Waals surface area contributed by atoms with E-state index in [1.165, 1.54) is 6.92 Å². The van der Waals surface area contributed by atoms with Gasteiger partial charge >= 0.3 is 5.97 Å². The summed E-state index contributed by atoms with van der Waals surface area (Å²) in [7, 11) is 0. The van der Waals surface area contributed by atoms with Crippen molar-refractivity contribution in [3.63, 3.8) is 0 Å². The van der Waals surface area contributed by atoms with Crippen molar-refractivity contribution in [3.05, 3.63) is 76.3 Å². The van der Waals surface area contributed by atoms with Gasteiger partial charge in [0.1, 0.15) is 6.61 Å². The molecule has 3 heteroatoms. The van der Waals surface area contributed by atoms with Crippen LogP contribution in [0.4, 0.5) is 0 Å². The molecule has 0 saturated carbocycles. The van der Waals surface area contributed by atoms with E-state index >= 15 is 0 Å². The average Bonchev–Trinajstić information content (AvgIpc) is 2.49. The van der Waals surface area contributed by atoms with Crippen molar-refractivity contribution in [3.8, 4) is 0 Å². The van der Waals surface area contributed by atoms with Crippen molar-refractivity contribution in [2.24, 2.45) is 0 Å². The first kappa shape index (κ1) is 15.3. The molecule has 0 spiro atoms. The van der Waals surface area contributed by atoms with Gasteiger partial charge in [0, 0.05) is 11.9 Å². The Kier molecular flexibility index (Phi) is 5.18. The van der Waals surface area contributed by atoms with Crippen molar-refractivity contribution < 1.29 is 9.53 Å². The van der Waals surface area contributed by atoms with Crippen molar-refractivity contribution in [2.45, 2.75) is 20.5 Å². The van der Waals surface area contributed by atoms with Gasteiger partial charge in [0.05, 0.1) is 0 Å². The minimum absolute atomic E-state index is 0.274. The number of esters is 1. The molecule has 0 amide bonds. The lowest BCUT2D eigenvalue weighted by Gasteiger charge is -2.13. The standard InChI is InChI=1S/C18H17ClO2/c1-3-17(14-8-10-16(19)11-9-14)18-7-5-4-6-15(18)12-21-13(2)20/h3-11H,12H2,1-2H3. The minimum Gasteiger partial charge on any atom is -0.461 e. The van der Waals surface area contributed by atoms with E-state index in [9.17, 15) is 4.79 Å². The smallest absolute Gasteiger partial charge is 0.302 e. The molecule has 0 aliphatic rings. The van der Waals surface area contributed by atoms with Crippen molar-refractivity contribution in [2.75, 3.05) is 0 Å². The third-order valence-electron chi connectivity index (χ3n) is 3.18. The molecular formula is C18H17ClO2. The summed E-state index contributed by atoms with van der Waals surface area (Å²) in [6.45, 7) is 3.68. The van der Waals surface area contributed by atoms with Gasteiger partial charge in [-0.15, -0.1) is 0 Å². The highest BCUT2D eigenvalue weighted by atomic mass is 35.5. The van der Waals surface area contributed by atoms with Crippen LogP contribution >= 0.6 is 11.6 Å². The van der Waals surface area contributed by atoms with Crippen LogP contribution in [0.25, 0.3) is 5.57 Å². The maximum atomic E-state index is 11.0. The predicted molar refractivity (Wildman–Crippen MR) is 86.1 cm³/mol. The van der Waals surface area contributed by atoms with Crippen LogP contribution in [0.1, 0.15) is 30.5 Å². The Balaban J connectivity index is 2.38. The number of carbonyl (C=O) groups is 1. The Labute approximate surface area is 130 Å². The lowest BCUT2D eigenvalue weighted by molar-refractivity contribution is -0.142. The second-order valence-corrected chi connectivity index (χ2v) is 5.08. The molecule has 2 aromatic carbocycles. The SMILES string of the molecule is CC=C(c1ccc(Cl)cc1)c1ccccc1COC(C)=O. The number of hydrogen-bond acceptors (Lipinski definition) is 2. The van der Waals surface area contributed by atoms with Gasteiger partial charge in [0.2, 0.25) is 0 Å². The summed E-state index contributed by atoms with van der Waals surface area (Å²) >= 11 is 5.94. The van der Waals surface area contributed by atoms with E-state index in [-0.39, 0.29) is 12.6 Å². The van der Waals surface area contributed by atoms with Gasteiger partial charge in [-0.1, -0.05) is 54.1 Å². The number of allylic oxidation sites excluding steroid dienone is 1. The second-order valence-electron chi connectivity index (χ2n) is 4.65. The van der Waals surface area contributed by atoms with Crippen LogP contribution < -0.4 is 0 Å². The van der Waals surface area contributed by atoms with E-state index in [0.717, 1.165) is 22.3 Å². The highest BCUT2D eigenvalue weighted by Gasteiger charge is 2.10. The van der Waals surface area contributed by atoms with Gasteiger partial charge in [-0.2, -0.15) is 0 Å². The topological polar surface area (TPSA) is 26.3 Å². The first-order valence-corrected chi connectivity index (χ1v) is 7.13. The third-order valence-corrected chi connectivity index (χ3v) is 3.43. The Morgan fingerprint density at radius 3 is 2.43 bits per heavy atom. The van der Waals surface area contributed by atoms with Crippen LogP contribution in [0.3, 0.4) is 0 Å². The number of ether oxygens (including phenoxy) is 1. The van der Waals surface area contributed by atoms with Gasteiger partial charge in [0.25, 0.3) is 0 Å². The van der Waals surface area contributed by atoms with Crippen molar-refractivity contribution >= 4 is 23.1 Å². The molecule has 0 radical (unpaired) electrons. The van der Waals surface area contributed by atoms with E-state index in [1.807, 2.05) is 55.5 Å². The van der Waals surface area contributed by atoms with Crippen LogP contribution in [0.2, 0.25) is 5.02 Å². The van der Waals surface area contributed by atoms with E-state index in [1.54, 1.807) is 0 Å². The molecule has 0 fully saturated rings. The normalized spacial score (nSPS) is 11.3. The molecule has 0 aromatic heterocycles. The molecule has 2 rings (SSSR count). The first-order chi connectivity index (χ1) is 10.1. The molecule has 0 atom stereocenters. The molecule has 0 heterocycles. The fourth-order valence-corrected chi connectivity index (χ4v) is 2.32. The van der Waals surface area contributed by atoms with Gasteiger partial charge in [0.15, 0.2) is 0 Å². The van der Waals surface area contributed by atoms with Gasteiger partial charge < -0.3 is 4.74 Å². The molecule has 0 unspecified atom stereocenters. The van der Waals surface area contributed by atoms with E-state index in [4.69, 9.17) is 16.3 Å². The summed E-state index contributed by atoms with van der Waals surface area (Å²) in [5.74, 6) is -0.279. The Bertz CT molecular complexity index is 657.